The van der Waals surface area contributed by atoms with Crippen molar-refractivity contribution >= 4 is 0 Å². The maximum atomic E-state index is 14.4. The Morgan fingerprint density at radius 2 is 1.31 bits per heavy atom. The lowest BCUT2D eigenvalue weighted by molar-refractivity contribution is -0.0330. The highest BCUT2D eigenvalue weighted by molar-refractivity contribution is 4.86. The average molecular weight is 417 g/mol. The number of halogens is 1. The summed E-state index contributed by atoms with van der Waals surface area (Å²) in [5, 5.41) is 10.6. The lowest BCUT2D eigenvalue weighted by Crippen LogP contribution is -2.37. The van der Waals surface area contributed by atoms with Crippen molar-refractivity contribution in [2.75, 3.05) is 7.11 Å². The number of hydrogen-bond donors (Lipinski definition) is 1. The summed E-state index contributed by atoms with van der Waals surface area (Å²) in [6.07, 6.45) is 4.44. The fraction of sp³-hybridized carbons (Fsp3) is 1.00. The number of aliphatic hydroxyl groups is 1. The van der Waals surface area contributed by atoms with Gasteiger partial charge >= 0.3 is 0 Å². The highest BCUT2D eigenvalue weighted by atomic mass is 19.1. The lowest BCUT2D eigenvalue weighted by atomic mass is 9.71. The summed E-state index contributed by atoms with van der Waals surface area (Å²) < 4.78 is 20.4. The highest BCUT2D eigenvalue weighted by Crippen LogP contribution is 2.40. The molecule has 176 valence electrons. The zero-order chi connectivity index (χ0) is 23.0. The maximum absolute atomic E-state index is 14.4. The van der Waals surface area contributed by atoms with Crippen molar-refractivity contribution in [2.45, 2.75) is 126 Å². The van der Waals surface area contributed by atoms with Gasteiger partial charge in [0.1, 0.15) is 6.17 Å². The minimum atomic E-state index is -0.714. The molecule has 0 aromatic carbocycles. The quantitative estimate of drug-likeness (QED) is 0.297. The van der Waals surface area contributed by atoms with Gasteiger partial charge < -0.3 is 9.84 Å². The van der Waals surface area contributed by atoms with E-state index < -0.39 is 6.17 Å². The minimum Gasteiger partial charge on any atom is -0.393 e. The van der Waals surface area contributed by atoms with Crippen LogP contribution in [0.4, 0.5) is 4.39 Å². The molecule has 0 saturated heterocycles. The Morgan fingerprint density at radius 3 is 1.76 bits per heavy atom. The third-order valence-electron chi connectivity index (χ3n) is 7.01. The van der Waals surface area contributed by atoms with E-state index in [0.29, 0.717) is 24.2 Å². The smallest absolute Gasteiger partial charge is 0.103 e. The first-order valence-electron chi connectivity index (χ1n) is 12.0. The van der Waals surface area contributed by atoms with Crippen LogP contribution in [0.1, 0.15) is 108 Å². The molecular weight excluding hydrogens is 363 g/mol. The van der Waals surface area contributed by atoms with Gasteiger partial charge in [-0.2, -0.15) is 0 Å². The zero-order valence-electron chi connectivity index (χ0n) is 21.5. The molecule has 0 saturated carbocycles. The summed E-state index contributed by atoms with van der Waals surface area (Å²) in [5.74, 6) is 1.44. The van der Waals surface area contributed by atoms with Crippen molar-refractivity contribution in [3.8, 4) is 0 Å². The van der Waals surface area contributed by atoms with Crippen LogP contribution in [-0.2, 0) is 4.74 Å². The number of alkyl halides is 1. The monoisotopic (exact) mass is 416 g/mol. The number of methoxy groups -OCH3 is 1. The molecule has 0 aliphatic heterocycles. The van der Waals surface area contributed by atoms with Gasteiger partial charge in [-0.25, -0.2) is 4.39 Å². The molecule has 0 fully saturated rings. The molecular formula is C26H53FO2. The topological polar surface area (TPSA) is 29.5 Å². The second-order valence-electron chi connectivity index (χ2n) is 11.8. The summed E-state index contributed by atoms with van der Waals surface area (Å²) >= 11 is 0. The molecule has 0 spiro atoms. The molecule has 2 nitrogen and oxygen atoms in total. The van der Waals surface area contributed by atoms with Crippen LogP contribution in [0.5, 0.6) is 0 Å². The first kappa shape index (κ1) is 28.9. The molecule has 3 heteroatoms. The fourth-order valence-corrected chi connectivity index (χ4v) is 4.97. The second kappa shape index (κ2) is 12.6. The van der Waals surface area contributed by atoms with Crippen LogP contribution in [-0.4, -0.2) is 30.6 Å². The van der Waals surface area contributed by atoms with Crippen molar-refractivity contribution in [3.05, 3.63) is 0 Å². The van der Waals surface area contributed by atoms with E-state index in [-0.39, 0.29) is 29.0 Å². The Balaban J connectivity index is 4.88. The van der Waals surface area contributed by atoms with Crippen molar-refractivity contribution in [2.24, 2.45) is 34.5 Å². The highest BCUT2D eigenvalue weighted by Gasteiger charge is 2.36. The maximum Gasteiger partial charge on any atom is 0.103 e. The molecule has 0 aliphatic carbocycles. The molecule has 0 radical (unpaired) electrons. The lowest BCUT2D eigenvalue weighted by Gasteiger charge is -2.39. The summed E-state index contributed by atoms with van der Waals surface area (Å²) in [5.41, 5.74) is -0.102. The van der Waals surface area contributed by atoms with Gasteiger partial charge in [-0.15, -0.1) is 0 Å². The number of hydrogen-bond acceptors (Lipinski definition) is 2. The van der Waals surface area contributed by atoms with E-state index in [2.05, 4.69) is 62.3 Å². The van der Waals surface area contributed by atoms with E-state index in [1.165, 1.54) is 0 Å². The Bertz CT molecular complexity index is 432. The molecule has 0 aromatic rings. The van der Waals surface area contributed by atoms with E-state index in [1.807, 2.05) is 6.92 Å². The Morgan fingerprint density at radius 1 is 0.828 bits per heavy atom. The number of ether oxygens (including phenoxy) is 1. The summed E-state index contributed by atoms with van der Waals surface area (Å²) in [6.45, 7) is 21.7. The van der Waals surface area contributed by atoms with Crippen LogP contribution in [0, 0.1) is 34.5 Å². The van der Waals surface area contributed by atoms with Crippen molar-refractivity contribution in [1.82, 2.24) is 0 Å². The number of aliphatic hydroxyl groups excluding tert-OH is 1. The Labute approximate surface area is 182 Å². The molecule has 0 bridgehead atoms. The molecule has 0 amide bonds. The molecule has 6 atom stereocenters. The van der Waals surface area contributed by atoms with Crippen molar-refractivity contribution < 1.29 is 14.2 Å². The van der Waals surface area contributed by atoms with Crippen LogP contribution in [0.2, 0.25) is 0 Å². The Kier molecular flexibility index (Phi) is 12.6. The third kappa shape index (κ3) is 10.6. The van der Waals surface area contributed by atoms with Crippen molar-refractivity contribution in [3.63, 3.8) is 0 Å². The van der Waals surface area contributed by atoms with Crippen molar-refractivity contribution in [1.29, 1.82) is 0 Å². The molecule has 1 N–H and O–H groups in total. The first-order valence-corrected chi connectivity index (χ1v) is 12.0. The van der Waals surface area contributed by atoms with Crippen LogP contribution in [0.3, 0.4) is 0 Å². The van der Waals surface area contributed by atoms with Gasteiger partial charge in [0.05, 0.1) is 12.2 Å². The Hall–Kier alpha value is -0.150. The first-order chi connectivity index (χ1) is 13.2. The summed E-state index contributed by atoms with van der Waals surface area (Å²) in [7, 11) is 1.81. The van der Waals surface area contributed by atoms with Gasteiger partial charge in [0, 0.05) is 7.11 Å². The third-order valence-corrected chi connectivity index (χ3v) is 7.01. The molecule has 6 unspecified atom stereocenters. The van der Waals surface area contributed by atoms with Crippen LogP contribution >= 0.6 is 0 Å². The normalized spacial score (nSPS) is 19.7. The van der Waals surface area contributed by atoms with Gasteiger partial charge in [0.25, 0.3) is 0 Å². The minimum absolute atomic E-state index is 0.00170. The number of rotatable bonds is 15. The van der Waals surface area contributed by atoms with Gasteiger partial charge in [0.2, 0.25) is 0 Å². The van der Waals surface area contributed by atoms with Crippen LogP contribution in [0.15, 0.2) is 0 Å². The summed E-state index contributed by atoms with van der Waals surface area (Å²) in [6, 6.07) is 0. The van der Waals surface area contributed by atoms with E-state index in [1.54, 1.807) is 7.11 Å². The van der Waals surface area contributed by atoms with E-state index >= 15 is 0 Å². The largest absolute Gasteiger partial charge is 0.393 e. The van der Waals surface area contributed by atoms with Gasteiger partial charge in [-0.05, 0) is 66.6 Å². The molecule has 0 aromatic heterocycles. The van der Waals surface area contributed by atoms with E-state index in [0.717, 1.165) is 32.1 Å². The van der Waals surface area contributed by atoms with Gasteiger partial charge in [0.15, 0.2) is 0 Å². The SMILES string of the molecule is CCC(C)C(F)CC(C)CC(C)(C)C(CC(C)CC(C)(C)C(O)CC(C)C)OC. The predicted octanol–water partition coefficient (Wildman–Crippen LogP) is 7.68. The average Bonchev–Trinajstić information content (AvgIpc) is 2.56. The van der Waals surface area contributed by atoms with Gasteiger partial charge in [-0.1, -0.05) is 75.7 Å². The molecule has 29 heavy (non-hydrogen) atoms. The summed E-state index contributed by atoms with van der Waals surface area (Å²) in [4.78, 5) is 0. The van der Waals surface area contributed by atoms with Gasteiger partial charge in [-0.3, -0.25) is 0 Å². The predicted molar refractivity (Wildman–Crippen MR) is 125 cm³/mol. The molecule has 0 rings (SSSR count). The zero-order valence-corrected chi connectivity index (χ0v) is 21.5. The molecule has 0 heterocycles. The second-order valence-corrected chi connectivity index (χ2v) is 11.8. The fourth-order valence-electron chi connectivity index (χ4n) is 4.97. The van der Waals surface area contributed by atoms with Crippen LogP contribution in [0.25, 0.3) is 0 Å². The van der Waals surface area contributed by atoms with E-state index in [9.17, 15) is 9.50 Å². The molecule has 0 aliphatic rings. The van der Waals surface area contributed by atoms with E-state index in [4.69, 9.17) is 4.74 Å². The standard InChI is InChI=1S/C26H53FO2/c1-12-21(6)22(27)14-19(4)17-26(9,10)24(29-11)15-20(5)16-25(7,8)23(28)13-18(2)3/h18-24,28H,12-17H2,1-11H3. The van der Waals surface area contributed by atoms with Crippen LogP contribution < -0.4 is 0 Å².